The van der Waals surface area contributed by atoms with Gasteiger partial charge in [0.05, 0.1) is 0 Å². The molecule has 0 aliphatic rings. The highest BCUT2D eigenvalue weighted by atomic mass is 16.5. The molecule has 0 radical (unpaired) electrons. The van der Waals surface area contributed by atoms with Crippen molar-refractivity contribution in [2.75, 3.05) is 13.7 Å². The van der Waals surface area contributed by atoms with Crippen molar-refractivity contribution in [2.24, 2.45) is 0 Å². The average molecular weight is 301 g/mol. The number of carbonyl (C=O) groups is 3. The molecule has 6 nitrogen and oxygen atoms in total. The van der Waals surface area contributed by atoms with Crippen LogP contribution in [0, 0.1) is 0 Å². The second kappa shape index (κ2) is 6.71. The summed E-state index contributed by atoms with van der Waals surface area (Å²) in [5.41, 5.74) is 1.33. The Kier molecular flexibility index (Phi) is 4.73. The summed E-state index contributed by atoms with van der Waals surface area (Å²) in [6.45, 7) is 1.13. The number of benzene rings is 1. The molecule has 2 aromatic rings. The number of amides is 1. The number of carbonyl (C=O) groups excluding carboxylic acids is 3. The molecular weight excluding hydrogens is 286 g/mol. The third-order valence-electron chi connectivity index (χ3n) is 3.00. The van der Waals surface area contributed by atoms with Crippen LogP contribution in [0.3, 0.4) is 0 Å². The predicted octanol–water partition coefficient (Wildman–Crippen LogP) is 2.05. The maximum atomic E-state index is 11.7. The van der Waals surface area contributed by atoms with E-state index in [1.165, 1.54) is 20.0 Å². The van der Waals surface area contributed by atoms with Crippen LogP contribution in [-0.2, 0) is 9.53 Å². The fourth-order valence-electron chi connectivity index (χ4n) is 1.75. The van der Waals surface area contributed by atoms with E-state index in [0.717, 1.165) is 5.56 Å². The molecule has 1 aromatic heterocycles. The van der Waals surface area contributed by atoms with Gasteiger partial charge in [-0.1, -0.05) is 24.3 Å². The number of Topliss-reactive ketones (excluding diaryl/α,β-unsaturated/α-hetero) is 1. The quantitative estimate of drug-likeness (QED) is 0.675. The summed E-state index contributed by atoms with van der Waals surface area (Å²) in [7, 11) is 1.45. The second-order valence-corrected chi connectivity index (χ2v) is 4.55. The molecule has 0 atom stereocenters. The molecule has 0 aliphatic heterocycles. The standard InChI is InChI=1S/C16H15NO5/c1-10(18)11-3-5-12(6-4-11)13-7-8-14(22-13)16(20)21-9-15(19)17-2/h3-8H,9H2,1-2H3,(H,17,19). The lowest BCUT2D eigenvalue weighted by atomic mass is 10.1. The van der Waals surface area contributed by atoms with Gasteiger partial charge in [-0.15, -0.1) is 0 Å². The Bertz CT molecular complexity index is 700. The lowest BCUT2D eigenvalue weighted by Gasteiger charge is -2.01. The summed E-state index contributed by atoms with van der Waals surface area (Å²) in [6.07, 6.45) is 0. The highest BCUT2D eigenvalue weighted by molar-refractivity contribution is 5.94. The Morgan fingerprint density at radius 2 is 1.77 bits per heavy atom. The van der Waals surface area contributed by atoms with Crippen molar-refractivity contribution in [3.05, 3.63) is 47.7 Å². The Hall–Kier alpha value is -2.89. The van der Waals surface area contributed by atoms with Gasteiger partial charge in [0.15, 0.2) is 12.4 Å². The lowest BCUT2D eigenvalue weighted by molar-refractivity contribution is -0.123. The molecule has 6 heteroatoms. The van der Waals surface area contributed by atoms with Crippen molar-refractivity contribution in [2.45, 2.75) is 6.92 Å². The Morgan fingerprint density at radius 3 is 2.36 bits per heavy atom. The van der Waals surface area contributed by atoms with Crippen molar-refractivity contribution in [1.82, 2.24) is 5.32 Å². The third kappa shape index (κ3) is 3.60. The van der Waals surface area contributed by atoms with Crippen molar-refractivity contribution in [3.63, 3.8) is 0 Å². The van der Waals surface area contributed by atoms with Gasteiger partial charge in [-0.3, -0.25) is 9.59 Å². The summed E-state index contributed by atoms with van der Waals surface area (Å²) in [4.78, 5) is 33.9. The minimum absolute atomic E-state index is 0.00884. The molecule has 1 amide bonds. The molecular formula is C16H15NO5. The maximum Gasteiger partial charge on any atom is 0.374 e. The van der Waals surface area contributed by atoms with Crippen molar-refractivity contribution in [3.8, 4) is 11.3 Å². The first kappa shape index (κ1) is 15.5. The summed E-state index contributed by atoms with van der Waals surface area (Å²) >= 11 is 0. The highest BCUT2D eigenvalue weighted by Crippen LogP contribution is 2.23. The Labute approximate surface area is 127 Å². The largest absolute Gasteiger partial charge is 0.450 e. The van der Waals surface area contributed by atoms with E-state index in [-0.39, 0.29) is 18.2 Å². The van der Waals surface area contributed by atoms with Crippen LogP contribution < -0.4 is 5.32 Å². The SMILES string of the molecule is CNC(=O)COC(=O)c1ccc(-c2ccc(C(C)=O)cc2)o1. The molecule has 0 aliphatic carbocycles. The Morgan fingerprint density at radius 1 is 1.09 bits per heavy atom. The fraction of sp³-hybridized carbons (Fsp3) is 0.188. The smallest absolute Gasteiger partial charge is 0.374 e. The molecule has 114 valence electrons. The predicted molar refractivity (Wildman–Crippen MR) is 78.5 cm³/mol. The van der Waals surface area contributed by atoms with E-state index in [2.05, 4.69) is 5.32 Å². The first-order valence-corrected chi connectivity index (χ1v) is 6.60. The zero-order valence-electron chi connectivity index (χ0n) is 12.2. The first-order valence-electron chi connectivity index (χ1n) is 6.60. The van der Waals surface area contributed by atoms with Crippen LogP contribution in [0.5, 0.6) is 0 Å². The van der Waals surface area contributed by atoms with Gasteiger partial charge in [-0.25, -0.2) is 4.79 Å². The van der Waals surface area contributed by atoms with Gasteiger partial charge >= 0.3 is 5.97 Å². The molecule has 0 fully saturated rings. The topological polar surface area (TPSA) is 85.6 Å². The molecule has 22 heavy (non-hydrogen) atoms. The molecule has 2 rings (SSSR count). The molecule has 1 N–H and O–H groups in total. The number of rotatable bonds is 5. The molecule has 0 spiro atoms. The maximum absolute atomic E-state index is 11.7. The van der Waals surface area contributed by atoms with Crippen LogP contribution in [-0.4, -0.2) is 31.3 Å². The van der Waals surface area contributed by atoms with Gasteiger partial charge in [0.25, 0.3) is 5.91 Å². The molecule has 1 heterocycles. The minimum Gasteiger partial charge on any atom is -0.450 e. The van der Waals surface area contributed by atoms with Crippen molar-refractivity contribution >= 4 is 17.7 Å². The van der Waals surface area contributed by atoms with E-state index in [0.29, 0.717) is 11.3 Å². The Balaban J connectivity index is 2.09. The fourth-order valence-corrected chi connectivity index (χ4v) is 1.75. The third-order valence-corrected chi connectivity index (χ3v) is 3.00. The van der Waals surface area contributed by atoms with Gasteiger partial charge in [0, 0.05) is 18.2 Å². The van der Waals surface area contributed by atoms with E-state index >= 15 is 0 Å². The van der Waals surface area contributed by atoms with E-state index in [9.17, 15) is 14.4 Å². The van der Waals surface area contributed by atoms with Crippen molar-refractivity contribution in [1.29, 1.82) is 0 Å². The van der Waals surface area contributed by atoms with Crippen LogP contribution >= 0.6 is 0 Å². The van der Waals surface area contributed by atoms with Gasteiger partial charge in [0.2, 0.25) is 5.76 Å². The summed E-state index contributed by atoms with van der Waals surface area (Å²) in [6, 6.07) is 9.93. The highest BCUT2D eigenvalue weighted by Gasteiger charge is 2.15. The van der Waals surface area contributed by atoms with E-state index in [1.807, 2.05) is 0 Å². The molecule has 0 saturated heterocycles. The monoisotopic (exact) mass is 301 g/mol. The number of hydrogen-bond acceptors (Lipinski definition) is 5. The minimum atomic E-state index is -0.713. The summed E-state index contributed by atoms with van der Waals surface area (Å²) < 4.78 is 10.2. The van der Waals surface area contributed by atoms with Crippen LogP contribution in [0.25, 0.3) is 11.3 Å². The number of ether oxygens (including phenoxy) is 1. The van der Waals surface area contributed by atoms with E-state index in [1.54, 1.807) is 30.3 Å². The zero-order valence-corrected chi connectivity index (χ0v) is 12.2. The van der Waals surface area contributed by atoms with E-state index in [4.69, 9.17) is 9.15 Å². The zero-order chi connectivity index (χ0) is 16.1. The first-order chi connectivity index (χ1) is 10.5. The van der Waals surface area contributed by atoms with Gasteiger partial charge in [-0.2, -0.15) is 0 Å². The number of esters is 1. The number of likely N-dealkylation sites (N-methyl/N-ethyl adjacent to an activating group) is 1. The van der Waals surface area contributed by atoms with Gasteiger partial charge in [0.1, 0.15) is 5.76 Å². The number of ketones is 1. The van der Waals surface area contributed by atoms with Crippen LogP contribution in [0.4, 0.5) is 0 Å². The normalized spacial score (nSPS) is 10.1. The molecule has 0 unspecified atom stereocenters. The number of nitrogens with one attached hydrogen (secondary N) is 1. The summed E-state index contributed by atoms with van der Waals surface area (Å²) in [5.74, 6) is -0.656. The van der Waals surface area contributed by atoms with E-state index < -0.39 is 11.9 Å². The summed E-state index contributed by atoms with van der Waals surface area (Å²) in [5, 5.41) is 2.34. The van der Waals surface area contributed by atoms with Crippen LogP contribution in [0.2, 0.25) is 0 Å². The molecule has 1 aromatic carbocycles. The van der Waals surface area contributed by atoms with Crippen LogP contribution in [0.15, 0.2) is 40.8 Å². The molecule has 0 bridgehead atoms. The molecule has 0 saturated carbocycles. The number of hydrogen-bond donors (Lipinski definition) is 1. The van der Waals surface area contributed by atoms with Crippen LogP contribution in [0.1, 0.15) is 27.8 Å². The number of furan rings is 1. The lowest BCUT2D eigenvalue weighted by Crippen LogP contribution is -2.24. The van der Waals surface area contributed by atoms with Gasteiger partial charge < -0.3 is 14.5 Å². The van der Waals surface area contributed by atoms with Gasteiger partial charge in [-0.05, 0) is 19.1 Å². The average Bonchev–Trinajstić information content (AvgIpc) is 3.02. The van der Waals surface area contributed by atoms with Crippen molar-refractivity contribution < 1.29 is 23.5 Å². The second-order valence-electron chi connectivity index (χ2n) is 4.55.